The van der Waals surface area contributed by atoms with Gasteiger partial charge >= 0.3 is 6.09 Å². The van der Waals surface area contributed by atoms with Crippen LogP contribution in [0.5, 0.6) is 0 Å². The first-order chi connectivity index (χ1) is 9.45. The van der Waals surface area contributed by atoms with E-state index in [1.165, 1.54) is 0 Å². The zero-order valence-corrected chi connectivity index (χ0v) is 11.3. The number of amides is 3. The molecule has 1 heterocycles. The van der Waals surface area contributed by atoms with Crippen LogP contribution in [-0.4, -0.2) is 17.9 Å². The molecule has 106 valence electrons. The van der Waals surface area contributed by atoms with Gasteiger partial charge in [0.1, 0.15) is 0 Å². The summed E-state index contributed by atoms with van der Waals surface area (Å²) in [4.78, 5) is 34.0. The maximum Gasteiger partial charge on any atom is 0.415 e. The summed E-state index contributed by atoms with van der Waals surface area (Å²) in [6.07, 6.45) is -1.21. The number of hydrogen-bond acceptors (Lipinski definition) is 4. The molecular formula is C14H16N2O4. The quantitative estimate of drug-likeness (QED) is 0.880. The molecule has 1 atom stereocenters. The third-order valence-corrected chi connectivity index (χ3v) is 2.78. The van der Waals surface area contributed by atoms with Crippen molar-refractivity contribution in [3.05, 3.63) is 29.8 Å². The van der Waals surface area contributed by atoms with Crippen LogP contribution in [0.15, 0.2) is 24.3 Å². The van der Waals surface area contributed by atoms with Gasteiger partial charge in [0, 0.05) is 17.7 Å². The fourth-order valence-corrected chi connectivity index (χ4v) is 1.90. The third-order valence-electron chi connectivity index (χ3n) is 2.78. The van der Waals surface area contributed by atoms with Crippen LogP contribution < -0.4 is 10.6 Å². The van der Waals surface area contributed by atoms with Crippen molar-refractivity contribution in [2.45, 2.75) is 26.4 Å². The van der Waals surface area contributed by atoms with Crippen LogP contribution >= 0.6 is 0 Å². The van der Waals surface area contributed by atoms with Gasteiger partial charge in [-0.15, -0.1) is 0 Å². The molecule has 1 saturated heterocycles. The Hall–Kier alpha value is -2.37. The van der Waals surface area contributed by atoms with Crippen molar-refractivity contribution >= 4 is 23.6 Å². The molecule has 0 aromatic heterocycles. The summed E-state index contributed by atoms with van der Waals surface area (Å²) in [7, 11) is 0. The van der Waals surface area contributed by atoms with E-state index < -0.39 is 18.1 Å². The smallest absolute Gasteiger partial charge is 0.415 e. The topological polar surface area (TPSA) is 84.5 Å². The summed E-state index contributed by atoms with van der Waals surface area (Å²) in [6.45, 7) is 3.94. The summed E-state index contributed by atoms with van der Waals surface area (Å²) in [5, 5.41) is 4.83. The Bertz CT molecular complexity index is 537. The SMILES string of the molecule is CC(C)CC(=O)Nc1ccc(C2OC(=O)NC2=O)cc1. The Labute approximate surface area is 116 Å². The lowest BCUT2D eigenvalue weighted by atomic mass is 10.1. The number of imide groups is 1. The highest BCUT2D eigenvalue weighted by Gasteiger charge is 2.33. The number of benzene rings is 1. The van der Waals surface area contributed by atoms with Gasteiger partial charge in [-0.1, -0.05) is 26.0 Å². The summed E-state index contributed by atoms with van der Waals surface area (Å²) in [5.41, 5.74) is 1.21. The highest BCUT2D eigenvalue weighted by Crippen LogP contribution is 2.23. The van der Waals surface area contributed by atoms with Crippen LogP contribution in [0.4, 0.5) is 10.5 Å². The van der Waals surface area contributed by atoms with Crippen molar-refractivity contribution in [1.29, 1.82) is 0 Å². The molecule has 0 radical (unpaired) electrons. The monoisotopic (exact) mass is 276 g/mol. The van der Waals surface area contributed by atoms with E-state index in [0.29, 0.717) is 17.7 Å². The third kappa shape index (κ3) is 3.34. The predicted molar refractivity (Wildman–Crippen MR) is 71.9 cm³/mol. The molecule has 3 amide bonds. The van der Waals surface area contributed by atoms with E-state index in [4.69, 9.17) is 4.74 Å². The minimum atomic E-state index is -0.914. The van der Waals surface area contributed by atoms with Crippen LogP contribution in [0.2, 0.25) is 0 Å². The van der Waals surface area contributed by atoms with Crippen LogP contribution in [0.1, 0.15) is 31.9 Å². The molecule has 1 aliphatic heterocycles. The minimum Gasteiger partial charge on any atom is -0.431 e. The number of anilines is 1. The lowest BCUT2D eigenvalue weighted by molar-refractivity contribution is -0.123. The second-order valence-electron chi connectivity index (χ2n) is 5.04. The molecule has 20 heavy (non-hydrogen) atoms. The van der Waals surface area contributed by atoms with Crippen molar-refractivity contribution in [3.8, 4) is 0 Å². The van der Waals surface area contributed by atoms with E-state index in [-0.39, 0.29) is 11.8 Å². The molecule has 2 N–H and O–H groups in total. The van der Waals surface area contributed by atoms with Gasteiger partial charge in [0.05, 0.1) is 0 Å². The van der Waals surface area contributed by atoms with Crippen molar-refractivity contribution in [2.75, 3.05) is 5.32 Å². The minimum absolute atomic E-state index is 0.0576. The fourth-order valence-electron chi connectivity index (χ4n) is 1.90. The Kier molecular flexibility index (Phi) is 4.02. The fraction of sp³-hybridized carbons (Fsp3) is 0.357. The van der Waals surface area contributed by atoms with Gasteiger partial charge in [0.15, 0.2) is 0 Å². The Morgan fingerprint density at radius 3 is 2.45 bits per heavy atom. The largest absolute Gasteiger partial charge is 0.431 e. The van der Waals surface area contributed by atoms with Crippen molar-refractivity contribution in [3.63, 3.8) is 0 Å². The first-order valence-electron chi connectivity index (χ1n) is 6.37. The van der Waals surface area contributed by atoms with E-state index >= 15 is 0 Å². The lowest BCUT2D eigenvalue weighted by Crippen LogP contribution is -2.20. The molecule has 2 rings (SSSR count). The average molecular weight is 276 g/mol. The summed E-state index contributed by atoms with van der Waals surface area (Å²) in [6, 6.07) is 6.64. The highest BCUT2D eigenvalue weighted by atomic mass is 16.6. The van der Waals surface area contributed by atoms with Gasteiger partial charge in [-0.3, -0.25) is 14.9 Å². The van der Waals surface area contributed by atoms with Crippen molar-refractivity contribution in [1.82, 2.24) is 5.32 Å². The van der Waals surface area contributed by atoms with Crippen molar-refractivity contribution in [2.24, 2.45) is 5.92 Å². The van der Waals surface area contributed by atoms with Gasteiger partial charge in [0.25, 0.3) is 5.91 Å². The Morgan fingerprint density at radius 2 is 1.95 bits per heavy atom. The molecular weight excluding hydrogens is 260 g/mol. The maximum atomic E-state index is 11.6. The van der Waals surface area contributed by atoms with Gasteiger partial charge in [-0.2, -0.15) is 0 Å². The summed E-state index contributed by atoms with van der Waals surface area (Å²) in [5.74, 6) is -0.250. The molecule has 0 saturated carbocycles. The maximum absolute atomic E-state index is 11.6. The first-order valence-corrected chi connectivity index (χ1v) is 6.37. The first kappa shape index (κ1) is 14.0. The predicted octanol–water partition coefficient (Wildman–Crippen LogP) is 1.98. The number of alkyl carbamates (subject to hydrolysis) is 1. The zero-order chi connectivity index (χ0) is 14.7. The molecule has 1 aromatic carbocycles. The number of hydrogen-bond donors (Lipinski definition) is 2. The summed E-state index contributed by atoms with van der Waals surface area (Å²) < 4.78 is 4.85. The number of cyclic esters (lactones) is 1. The van der Waals surface area contributed by atoms with Gasteiger partial charge < -0.3 is 10.1 Å². The van der Waals surface area contributed by atoms with E-state index in [0.717, 1.165) is 0 Å². The van der Waals surface area contributed by atoms with E-state index in [1.807, 2.05) is 13.8 Å². The lowest BCUT2D eigenvalue weighted by Gasteiger charge is -2.09. The summed E-state index contributed by atoms with van der Waals surface area (Å²) >= 11 is 0. The number of carbonyl (C=O) groups is 3. The highest BCUT2D eigenvalue weighted by molar-refractivity contribution is 6.00. The van der Waals surface area contributed by atoms with E-state index in [1.54, 1.807) is 24.3 Å². The van der Waals surface area contributed by atoms with Gasteiger partial charge in [-0.05, 0) is 18.1 Å². The molecule has 6 heteroatoms. The number of ether oxygens (including phenoxy) is 1. The second kappa shape index (κ2) is 5.73. The molecule has 1 unspecified atom stereocenters. The second-order valence-corrected chi connectivity index (χ2v) is 5.04. The van der Waals surface area contributed by atoms with E-state index in [9.17, 15) is 14.4 Å². The van der Waals surface area contributed by atoms with Gasteiger partial charge in [0.2, 0.25) is 12.0 Å². The van der Waals surface area contributed by atoms with Gasteiger partial charge in [-0.25, -0.2) is 4.79 Å². The zero-order valence-electron chi connectivity index (χ0n) is 11.3. The number of carbonyl (C=O) groups excluding carboxylic acids is 3. The van der Waals surface area contributed by atoms with E-state index in [2.05, 4.69) is 10.6 Å². The molecule has 1 aliphatic rings. The number of nitrogens with one attached hydrogen (secondary N) is 2. The van der Waals surface area contributed by atoms with Crippen LogP contribution in [0, 0.1) is 5.92 Å². The molecule has 0 aliphatic carbocycles. The van der Waals surface area contributed by atoms with Crippen molar-refractivity contribution < 1.29 is 19.1 Å². The molecule has 1 aromatic rings. The standard InChI is InChI=1S/C14H16N2O4/c1-8(2)7-11(17)15-10-5-3-9(4-6-10)12-13(18)16-14(19)20-12/h3-6,8,12H,7H2,1-2H3,(H,15,17)(H,16,18,19). The molecule has 0 spiro atoms. The van der Waals surface area contributed by atoms with Crippen LogP contribution in [-0.2, 0) is 14.3 Å². The molecule has 1 fully saturated rings. The van der Waals surface area contributed by atoms with Crippen LogP contribution in [0.3, 0.4) is 0 Å². The normalized spacial score (nSPS) is 17.9. The Morgan fingerprint density at radius 1 is 1.30 bits per heavy atom. The Balaban J connectivity index is 2.01. The molecule has 0 bridgehead atoms. The average Bonchev–Trinajstić information content (AvgIpc) is 2.68. The van der Waals surface area contributed by atoms with Crippen LogP contribution in [0.25, 0.3) is 0 Å². The number of rotatable bonds is 4. The molecule has 6 nitrogen and oxygen atoms in total.